The molecule has 6 nitrogen and oxygen atoms in total. The Morgan fingerprint density at radius 3 is 2.77 bits per heavy atom. The average Bonchev–Trinajstić information content (AvgIpc) is 2.56. The van der Waals surface area contributed by atoms with E-state index in [1.54, 1.807) is 0 Å². The second kappa shape index (κ2) is 9.17. The molecule has 1 N–H and O–H groups in total. The molecule has 1 amide bonds. The van der Waals surface area contributed by atoms with Crippen molar-refractivity contribution in [3.8, 4) is 0 Å². The number of amides is 1. The number of rotatable bonds is 7. The number of carbonyl (C=O) groups excluding carboxylic acids is 1. The maximum absolute atomic E-state index is 11.7. The first-order valence-corrected chi connectivity index (χ1v) is 7.54. The van der Waals surface area contributed by atoms with Gasteiger partial charge in [-0.05, 0) is 12.5 Å². The van der Waals surface area contributed by atoms with Crippen molar-refractivity contribution in [2.24, 2.45) is 5.16 Å². The van der Waals surface area contributed by atoms with Gasteiger partial charge >= 0.3 is 0 Å². The van der Waals surface area contributed by atoms with Gasteiger partial charge in [-0.25, -0.2) is 0 Å². The summed E-state index contributed by atoms with van der Waals surface area (Å²) in [6.07, 6.45) is 0. The van der Waals surface area contributed by atoms with Crippen molar-refractivity contribution in [2.75, 3.05) is 46.0 Å². The summed E-state index contributed by atoms with van der Waals surface area (Å²) in [6.45, 7) is 6.62. The number of nitrogens with one attached hydrogen (secondary N) is 1. The van der Waals surface area contributed by atoms with Gasteiger partial charge in [0.05, 0.1) is 18.9 Å². The smallest absolute Gasteiger partial charge is 0.260 e. The van der Waals surface area contributed by atoms with E-state index in [9.17, 15) is 4.79 Å². The molecule has 1 aromatic rings. The second-order valence-electron chi connectivity index (χ2n) is 5.12. The van der Waals surface area contributed by atoms with Crippen LogP contribution in [0.3, 0.4) is 0 Å². The van der Waals surface area contributed by atoms with Gasteiger partial charge in [0, 0.05) is 26.2 Å². The fraction of sp³-hybridized carbons (Fsp3) is 0.500. The van der Waals surface area contributed by atoms with Crippen LogP contribution in [0.1, 0.15) is 12.5 Å². The maximum Gasteiger partial charge on any atom is 0.260 e. The van der Waals surface area contributed by atoms with E-state index in [0.29, 0.717) is 6.54 Å². The van der Waals surface area contributed by atoms with Crippen LogP contribution < -0.4 is 5.32 Å². The minimum atomic E-state index is -0.155. The monoisotopic (exact) mass is 305 g/mol. The molecule has 0 unspecified atom stereocenters. The van der Waals surface area contributed by atoms with E-state index in [4.69, 9.17) is 9.57 Å². The highest BCUT2D eigenvalue weighted by molar-refractivity contribution is 5.98. The fourth-order valence-corrected chi connectivity index (χ4v) is 2.15. The van der Waals surface area contributed by atoms with E-state index >= 15 is 0 Å². The molecule has 1 saturated heterocycles. The summed E-state index contributed by atoms with van der Waals surface area (Å²) in [5.74, 6) is -0.155. The normalized spacial score (nSPS) is 16.3. The van der Waals surface area contributed by atoms with Gasteiger partial charge in [0.15, 0.2) is 6.61 Å². The first-order chi connectivity index (χ1) is 10.8. The average molecular weight is 305 g/mol. The van der Waals surface area contributed by atoms with Crippen LogP contribution in [0.2, 0.25) is 0 Å². The van der Waals surface area contributed by atoms with Gasteiger partial charge in [-0.3, -0.25) is 9.69 Å². The Labute approximate surface area is 131 Å². The van der Waals surface area contributed by atoms with Crippen molar-refractivity contribution in [3.05, 3.63) is 35.9 Å². The van der Waals surface area contributed by atoms with Gasteiger partial charge in [0.2, 0.25) is 0 Å². The molecule has 2 rings (SSSR count). The summed E-state index contributed by atoms with van der Waals surface area (Å²) in [5.41, 5.74) is 1.73. The molecule has 120 valence electrons. The van der Waals surface area contributed by atoms with Crippen molar-refractivity contribution in [1.29, 1.82) is 0 Å². The lowest BCUT2D eigenvalue weighted by molar-refractivity contribution is -0.125. The van der Waals surface area contributed by atoms with E-state index in [0.717, 1.165) is 44.1 Å². The third-order valence-corrected chi connectivity index (χ3v) is 3.44. The second-order valence-corrected chi connectivity index (χ2v) is 5.12. The lowest BCUT2D eigenvalue weighted by atomic mass is 10.1. The number of nitrogens with zero attached hydrogens (tertiary/aromatic N) is 2. The predicted octanol–water partition coefficient (Wildman–Crippen LogP) is 0.876. The van der Waals surface area contributed by atoms with Crippen LogP contribution in [-0.2, 0) is 14.4 Å². The van der Waals surface area contributed by atoms with Crippen LogP contribution in [-0.4, -0.2) is 62.5 Å². The van der Waals surface area contributed by atoms with E-state index in [-0.39, 0.29) is 12.5 Å². The Hall–Kier alpha value is -1.92. The Bertz CT molecular complexity index is 485. The predicted molar refractivity (Wildman–Crippen MR) is 84.9 cm³/mol. The van der Waals surface area contributed by atoms with E-state index in [2.05, 4.69) is 15.4 Å². The highest BCUT2D eigenvalue weighted by Gasteiger charge is 2.10. The number of hydrogen-bond donors (Lipinski definition) is 1. The van der Waals surface area contributed by atoms with Crippen LogP contribution in [0.15, 0.2) is 35.5 Å². The molecule has 0 aliphatic carbocycles. The van der Waals surface area contributed by atoms with Crippen molar-refractivity contribution in [2.45, 2.75) is 6.92 Å². The van der Waals surface area contributed by atoms with Gasteiger partial charge in [0.1, 0.15) is 0 Å². The SMILES string of the molecule is CC(=NOCC(=O)NCCN1CCOCC1)c1ccccc1. The molecule has 6 heteroatoms. The summed E-state index contributed by atoms with van der Waals surface area (Å²) in [5, 5.41) is 6.79. The first kappa shape index (κ1) is 16.5. The van der Waals surface area contributed by atoms with Crippen LogP contribution in [0, 0.1) is 0 Å². The number of carbonyl (C=O) groups is 1. The van der Waals surface area contributed by atoms with E-state index < -0.39 is 0 Å². The minimum absolute atomic E-state index is 0.0622. The van der Waals surface area contributed by atoms with Crippen LogP contribution in [0.4, 0.5) is 0 Å². The maximum atomic E-state index is 11.7. The lowest BCUT2D eigenvalue weighted by Gasteiger charge is -2.26. The van der Waals surface area contributed by atoms with Crippen LogP contribution in [0.5, 0.6) is 0 Å². The molecule has 0 radical (unpaired) electrons. The molecule has 0 atom stereocenters. The van der Waals surface area contributed by atoms with Crippen molar-refractivity contribution >= 4 is 11.6 Å². The van der Waals surface area contributed by atoms with E-state index in [1.807, 2.05) is 37.3 Å². The van der Waals surface area contributed by atoms with Gasteiger partial charge in [-0.1, -0.05) is 35.5 Å². The van der Waals surface area contributed by atoms with Crippen molar-refractivity contribution in [1.82, 2.24) is 10.2 Å². The van der Waals surface area contributed by atoms with Crippen LogP contribution in [0.25, 0.3) is 0 Å². The van der Waals surface area contributed by atoms with Gasteiger partial charge < -0.3 is 14.9 Å². The Balaban J connectivity index is 1.61. The van der Waals surface area contributed by atoms with Gasteiger partial charge in [-0.15, -0.1) is 0 Å². The highest BCUT2D eigenvalue weighted by Crippen LogP contribution is 2.01. The van der Waals surface area contributed by atoms with Crippen molar-refractivity contribution < 1.29 is 14.4 Å². The largest absolute Gasteiger partial charge is 0.385 e. The Kier molecular flexibility index (Phi) is 6.86. The number of morpholine rings is 1. The minimum Gasteiger partial charge on any atom is -0.385 e. The number of hydrogen-bond acceptors (Lipinski definition) is 5. The zero-order valence-electron chi connectivity index (χ0n) is 13.0. The molecule has 1 fully saturated rings. The topological polar surface area (TPSA) is 63.2 Å². The summed E-state index contributed by atoms with van der Waals surface area (Å²) >= 11 is 0. The number of benzene rings is 1. The Morgan fingerprint density at radius 1 is 1.32 bits per heavy atom. The van der Waals surface area contributed by atoms with Gasteiger partial charge in [-0.2, -0.15) is 0 Å². The zero-order chi connectivity index (χ0) is 15.6. The third-order valence-electron chi connectivity index (χ3n) is 3.44. The molecule has 1 heterocycles. The molecule has 1 aromatic carbocycles. The van der Waals surface area contributed by atoms with Gasteiger partial charge in [0.25, 0.3) is 5.91 Å². The standard InChI is InChI=1S/C16H23N3O3/c1-14(15-5-3-2-4-6-15)18-22-13-16(20)17-7-8-19-9-11-21-12-10-19/h2-6H,7-13H2,1H3,(H,17,20). The molecule has 1 aliphatic rings. The zero-order valence-corrected chi connectivity index (χ0v) is 13.0. The first-order valence-electron chi connectivity index (χ1n) is 7.54. The summed E-state index contributed by atoms with van der Waals surface area (Å²) in [6, 6.07) is 9.72. The molecule has 0 aromatic heterocycles. The summed E-state index contributed by atoms with van der Waals surface area (Å²) in [4.78, 5) is 19.0. The molecule has 0 saturated carbocycles. The molecule has 1 aliphatic heterocycles. The number of ether oxygens (including phenoxy) is 1. The van der Waals surface area contributed by atoms with Crippen molar-refractivity contribution in [3.63, 3.8) is 0 Å². The third kappa shape index (κ3) is 5.83. The van der Waals surface area contributed by atoms with E-state index in [1.165, 1.54) is 0 Å². The Morgan fingerprint density at radius 2 is 2.05 bits per heavy atom. The summed E-state index contributed by atoms with van der Waals surface area (Å²) in [7, 11) is 0. The summed E-state index contributed by atoms with van der Waals surface area (Å²) < 4.78 is 5.28. The highest BCUT2D eigenvalue weighted by atomic mass is 16.6. The molecular weight excluding hydrogens is 282 g/mol. The quantitative estimate of drug-likeness (QED) is 0.600. The fourth-order valence-electron chi connectivity index (χ4n) is 2.15. The molecular formula is C16H23N3O3. The van der Waals surface area contributed by atoms with Crippen LogP contribution >= 0.6 is 0 Å². The molecule has 0 bridgehead atoms. The molecule has 22 heavy (non-hydrogen) atoms. The molecule has 0 spiro atoms. The number of oxime groups is 1. The lowest BCUT2D eigenvalue weighted by Crippen LogP contribution is -2.41.